The second kappa shape index (κ2) is 11.9. The molecule has 0 aromatic carbocycles. The van der Waals surface area contributed by atoms with Gasteiger partial charge in [0, 0.05) is 44.5 Å². The Morgan fingerprint density at radius 3 is 2.96 bits per heavy atom. The van der Waals surface area contributed by atoms with Gasteiger partial charge in [0.15, 0.2) is 5.96 Å². The van der Waals surface area contributed by atoms with Gasteiger partial charge in [-0.15, -0.1) is 24.0 Å². The number of guanidine groups is 1. The smallest absolute Gasteiger partial charge is 0.191 e. The molecule has 2 N–H and O–H groups in total. The van der Waals surface area contributed by atoms with Crippen molar-refractivity contribution in [3.05, 3.63) is 42.6 Å². The van der Waals surface area contributed by atoms with Crippen molar-refractivity contribution in [1.29, 1.82) is 0 Å². The summed E-state index contributed by atoms with van der Waals surface area (Å²) in [6.45, 7) is 6.78. The number of rotatable bonds is 9. The van der Waals surface area contributed by atoms with Crippen LogP contribution in [0.2, 0.25) is 0 Å². The third-order valence-corrected chi connectivity index (χ3v) is 3.61. The lowest BCUT2D eigenvalue weighted by atomic mass is 10.3. The largest absolute Gasteiger partial charge is 0.469 e. The molecule has 0 spiro atoms. The molecule has 0 saturated heterocycles. The molecule has 0 aliphatic rings. The van der Waals surface area contributed by atoms with Gasteiger partial charge in [0.05, 0.1) is 6.26 Å². The lowest BCUT2D eigenvalue weighted by molar-refractivity contribution is 0.506. The van der Waals surface area contributed by atoms with E-state index in [0.717, 1.165) is 50.6 Å². The molecule has 2 heterocycles. The van der Waals surface area contributed by atoms with Gasteiger partial charge in [0.2, 0.25) is 0 Å². The molecule has 2 rings (SSSR count). The maximum absolute atomic E-state index is 5.35. The monoisotopic (exact) mass is 445 g/mol. The molecule has 24 heavy (non-hydrogen) atoms. The van der Waals surface area contributed by atoms with Gasteiger partial charge >= 0.3 is 0 Å². The molecule has 134 valence electrons. The first-order chi connectivity index (χ1) is 11.3. The Hall–Kier alpha value is -1.51. The van der Waals surface area contributed by atoms with Crippen LogP contribution in [-0.2, 0) is 13.0 Å². The molecular formula is C17H28IN5O. The van der Waals surface area contributed by atoms with Crippen LogP contribution in [0.1, 0.15) is 32.4 Å². The van der Waals surface area contributed by atoms with Gasteiger partial charge < -0.3 is 15.1 Å². The average Bonchev–Trinajstić information content (AvgIpc) is 3.24. The van der Waals surface area contributed by atoms with Crippen LogP contribution in [0.5, 0.6) is 0 Å². The summed E-state index contributed by atoms with van der Waals surface area (Å²) < 4.78 is 7.28. The molecule has 0 bridgehead atoms. The van der Waals surface area contributed by atoms with E-state index in [4.69, 9.17) is 4.42 Å². The summed E-state index contributed by atoms with van der Waals surface area (Å²) in [5.74, 6) is 1.85. The molecule has 0 aliphatic carbocycles. The predicted octanol–water partition coefficient (Wildman–Crippen LogP) is 3.06. The molecule has 2 aromatic heterocycles. The van der Waals surface area contributed by atoms with E-state index in [0.29, 0.717) is 6.04 Å². The van der Waals surface area contributed by atoms with Gasteiger partial charge in [0.1, 0.15) is 5.76 Å². The quantitative estimate of drug-likeness (QED) is 0.270. The maximum atomic E-state index is 5.35. The number of furan rings is 1. The van der Waals surface area contributed by atoms with Crippen LogP contribution < -0.4 is 10.6 Å². The highest BCUT2D eigenvalue weighted by atomic mass is 127. The van der Waals surface area contributed by atoms with E-state index in [2.05, 4.69) is 34.6 Å². The highest BCUT2D eigenvalue weighted by Gasteiger charge is 2.04. The molecule has 2 aromatic rings. The first-order valence-electron chi connectivity index (χ1n) is 8.32. The fourth-order valence-corrected chi connectivity index (χ4v) is 2.10. The Kier molecular flexibility index (Phi) is 10.2. The summed E-state index contributed by atoms with van der Waals surface area (Å²) in [6.07, 6.45) is 8.36. The molecule has 0 amide bonds. The number of halogens is 1. The molecule has 1 unspecified atom stereocenters. The summed E-state index contributed by atoms with van der Waals surface area (Å²) in [4.78, 5) is 4.65. The van der Waals surface area contributed by atoms with Gasteiger partial charge in [-0.25, -0.2) is 0 Å². The van der Waals surface area contributed by atoms with Crippen molar-refractivity contribution >= 4 is 29.9 Å². The summed E-state index contributed by atoms with van der Waals surface area (Å²) >= 11 is 0. The Bertz CT molecular complexity index is 554. The molecular weight excluding hydrogens is 417 g/mol. The van der Waals surface area contributed by atoms with Gasteiger partial charge in [-0.2, -0.15) is 5.10 Å². The summed E-state index contributed by atoms with van der Waals surface area (Å²) in [7, 11) is 0. The van der Waals surface area contributed by atoms with E-state index in [-0.39, 0.29) is 24.0 Å². The first kappa shape index (κ1) is 20.5. The van der Waals surface area contributed by atoms with Crippen LogP contribution in [0.4, 0.5) is 0 Å². The Balaban J connectivity index is 0.00000288. The van der Waals surface area contributed by atoms with E-state index in [1.54, 1.807) is 12.5 Å². The standard InChI is InChI=1S/C17H27N5O.HI/c1-3-15(2)21-17(19-11-8-16-7-4-14-23-16)18-9-5-12-22-13-6-10-20-22;/h4,6-7,10,13-15H,3,5,8-9,11-12H2,1-2H3,(H2,18,19,21);1H. The van der Waals surface area contributed by atoms with Crippen LogP contribution in [-0.4, -0.2) is 34.9 Å². The van der Waals surface area contributed by atoms with Crippen molar-refractivity contribution < 1.29 is 4.42 Å². The lowest BCUT2D eigenvalue weighted by Gasteiger charge is -2.16. The Morgan fingerprint density at radius 1 is 1.42 bits per heavy atom. The molecule has 0 fully saturated rings. The normalized spacial score (nSPS) is 12.5. The average molecular weight is 445 g/mol. The Labute approximate surface area is 161 Å². The highest BCUT2D eigenvalue weighted by Crippen LogP contribution is 1.99. The van der Waals surface area contributed by atoms with Gasteiger partial charge in [-0.3, -0.25) is 9.67 Å². The van der Waals surface area contributed by atoms with Gasteiger partial charge in [-0.05, 0) is 38.0 Å². The first-order valence-corrected chi connectivity index (χ1v) is 8.32. The second-order valence-electron chi connectivity index (χ2n) is 5.56. The second-order valence-corrected chi connectivity index (χ2v) is 5.56. The van der Waals surface area contributed by atoms with Crippen LogP contribution >= 0.6 is 24.0 Å². The van der Waals surface area contributed by atoms with Crippen LogP contribution in [0.15, 0.2) is 46.3 Å². The summed E-state index contributed by atoms with van der Waals surface area (Å²) in [5, 5.41) is 11.0. The van der Waals surface area contributed by atoms with Gasteiger partial charge in [-0.1, -0.05) is 6.92 Å². The maximum Gasteiger partial charge on any atom is 0.191 e. The fraction of sp³-hybridized carbons (Fsp3) is 0.529. The fourth-order valence-electron chi connectivity index (χ4n) is 2.10. The van der Waals surface area contributed by atoms with E-state index >= 15 is 0 Å². The van der Waals surface area contributed by atoms with Gasteiger partial charge in [0.25, 0.3) is 0 Å². The third-order valence-electron chi connectivity index (χ3n) is 3.61. The molecule has 1 atom stereocenters. The third kappa shape index (κ3) is 7.85. The number of hydrogen-bond acceptors (Lipinski definition) is 3. The molecule has 0 saturated carbocycles. The molecule has 0 radical (unpaired) electrons. The lowest BCUT2D eigenvalue weighted by Crippen LogP contribution is -2.42. The van der Waals surface area contributed by atoms with Crippen LogP contribution in [0.25, 0.3) is 0 Å². The van der Waals surface area contributed by atoms with E-state index < -0.39 is 0 Å². The number of aliphatic imine (C=N–C) groups is 1. The minimum absolute atomic E-state index is 0. The minimum atomic E-state index is 0. The number of nitrogens with one attached hydrogen (secondary N) is 2. The highest BCUT2D eigenvalue weighted by molar-refractivity contribution is 14.0. The van der Waals surface area contributed by atoms with Crippen molar-refractivity contribution in [3.63, 3.8) is 0 Å². The number of aromatic nitrogens is 2. The van der Waals surface area contributed by atoms with Crippen molar-refractivity contribution in [2.45, 2.75) is 45.7 Å². The summed E-state index contributed by atoms with van der Waals surface area (Å²) in [6, 6.07) is 6.24. The van der Waals surface area contributed by atoms with Crippen LogP contribution in [0, 0.1) is 0 Å². The van der Waals surface area contributed by atoms with Crippen molar-refractivity contribution in [2.24, 2.45) is 4.99 Å². The zero-order valence-electron chi connectivity index (χ0n) is 14.4. The Morgan fingerprint density at radius 2 is 2.29 bits per heavy atom. The van der Waals surface area contributed by atoms with Crippen molar-refractivity contribution in [3.8, 4) is 0 Å². The minimum Gasteiger partial charge on any atom is -0.469 e. The van der Waals surface area contributed by atoms with E-state index in [1.165, 1.54) is 0 Å². The number of hydrogen-bond donors (Lipinski definition) is 2. The molecule has 0 aliphatic heterocycles. The number of aryl methyl sites for hydroxylation is 1. The van der Waals surface area contributed by atoms with E-state index in [1.807, 2.05) is 29.1 Å². The molecule has 7 heteroatoms. The van der Waals surface area contributed by atoms with Crippen molar-refractivity contribution in [2.75, 3.05) is 13.1 Å². The summed E-state index contributed by atoms with van der Waals surface area (Å²) in [5.41, 5.74) is 0. The van der Waals surface area contributed by atoms with Crippen molar-refractivity contribution in [1.82, 2.24) is 20.4 Å². The zero-order chi connectivity index (χ0) is 16.3. The zero-order valence-corrected chi connectivity index (χ0v) is 16.8. The SMILES string of the molecule is CCC(C)NC(=NCCCn1cccn1)NCCc1ccco1.I. The number of nitrogens with zero attached hydrogens (tertiary/aromatic N) is 3. The topological polar surface area (TPSA) is 67.4 Å². The predicted molar refractivity (Wildman–Crippen MR) is 108 cm³/mol. The van der Waals surface area contributed by atoms with E-state index in [9.17, 15) is 0 Å². The molecule has 6 nitrogen and oxygen atoms in total. The van der Waals surface area contributed by atoms with Crippen LogP contribution in [0.3, 0.4) is 0 Å².